The van der Waals surface area contributed by atoms with Gasteiger partial charge in [-0.15, -0.1) is 0 Å². The van der Waals surface area contributed by atoms with Crippen molar-refractivity contribution in [3.05, 3.63) is 16.9 Å². The number of hydrogen-bond acceptors (Lipinski definition) is 2. The third-order valence-electron chi connectivity index (χ3n) is 3.65. The van der Waals surface area contributed by atoms with Crippen molar-refractivity contribution in [2.45, 2.75) is 58.1 Å². The first-order valence-electron chi connectivity index (χ1n) is 6.40. The van der Waals surface area contributed by atoms with Gasteiger partial charge in [-0.05, 0) is 39.0 Å². The first-order valence-corrected chi connectivity index (χ1v) is 6.77. The third-order valence-corrected chi connectivity index (χ3v) is 3.93. The zero-order chi connectivity index (χ0) is 12.6. The van der Waals surface area contributed by atoms with Gasteiger partial charge in [-0.25, -0.2) is 0 Å². The van der Waals surface area contributed by atoms with Gasteiger partial charge in [0.25, 0.3) is 0 Å². The van der Waals surface area contributed by atoms with Crippen molar-refractivity contribution in [2.24, 2.45) is 5.92 Å². The van der Waals surface area contributed by atoms with E-state index in [0.717, 1.165) is 25.0 Å². The SMILES string of the molecule is CC1CCCC(O)(c2c(Cl)cnn2C(C)C)C1. The second-order valence-electron chi connectivity index (χ2n) is 5.61. The summed E-state index contributed by atoms with van der Waals surface area (Å²) in [5.41, 5.74) is 0.0101. The van der Waals surface area contributed by atoms with Crippen LogP contribution in [0.15, 0.2) is 6.20 Å². The Balaban J connectivity index is 2.41. The van der Waals surface area contributed by atoms with E-state index >= 15 is 0 Å². The molecule has 2 rings (SSSR count). The normalized spacial score (nSPS) is 29.9. The largest absolute Gasteiger partial charge is 0.384 e. The van der Waals surface area contributed by atoms with Gasteiger partial charge in [-0.2, -0.15) is 5.10 Å². The number of aromatic nitrogens is 2. The molecule has 1 fully saturated rings. The fourth-order valence-corrected chi connectivity index (χ4v) is 3.21. The summed E-state index contributed by atoms with van der Waals surface area (Å²) < 4.78 is 1.86. The lowest BCUT2D eigenvalue weighted by Crippen LogP contribution is -2.35. The van der Waals surface area contributed by atoms with Crippen LogP contribution in [0.2, 0.25) is 5.02 Å². The van der Waals surface area contributed by atoms with Gasteiger partial charge in [0.1, 0.15) is 5.60 Å². The van der Waals surface area contributed by atoms with Gasteiger partial charge in [-0.3, -0.25) is 4.68 Å². The molecule has 1 aromatic heterocycles. The molecular weight excluding hydrogens is 236 g/mol. The van der Waals surface area contributed by atoms with Gasteiger partial charge in [0, 0.05) is 6.04 Å². The molecule has 0 bridgehead atoms. The highest BCUT2D eigenvalue weighted by Crippen LogP contribution is 2.42. The minimum absolute atomic E-state index is 0.221. The Bertz CT molecular complexity index is 402. The summed E-state index contributed by atoms with van der Waals surface area (Å²) in [6.45, 7) is 6.30. The van der Waals surface area contributed by atoms with Crippen LogP contribution < -0.4 is 0 Å². The number of nitrogens with zero attached hydrogens (tertiary/aromatic N) is 2. The van der Waals surface area contributed by atoms with Crippen LogP contribution in [-0.2, 0) is 5.60 Å². The number of aliphatic hydroxyl groups is 1. The van der Waals surface area contributed by atoms with Crippen LogP contribution in [0.1, 0.15) is 58.2 Å². The Morgan fingerprint density at radius 3 is 2.88 bits per heavy atom. The van der Waals surface area contributed by atoms with E-state index in [1.54, 1.807) is 6.20 Å². The van der Waals surface area contributed by atoms with Gasteiger partial charge in [0.15, 0.2) is 0 Å². The maximum Gasteiger partial charge on any atom is 0.108 e. The Morgan fingerprint density at radius 2 is 2.29 bits per heavy atom. The molecule has 0 radical (unpaired) electrons. The molecule has 2 unspecified atom stereocenters. The molecule has 2 atom stereocenters. The smallest absolute Gasteiger partial charge is 0.108 e. The fraction of sp³-hybridized carbons (Fsp3) is 0.769. The summed E-state index contributed by atoms with van der Waals surface area (Å²) in [6, 6.07) is 0.221. The van der Waals surface area contributed by atoms with Gasteiger partial charge >= 0.3 is 0 Å². The monoisotopic (exact) mass is 256 g/mol. The Hall–Kier alpha value is -0.540. The van der Waals surface area contributed by atoms with Crippen molar-refractivity contribution in [1.82, 2.24) is 9.78 Å². The highest BCUT2D eigenvalue weighted by Gasteiger charge is 2.39. The Labute approximate surface area is 108 Å². The molecule has 1 aliphatic carbocycles. The molecule has 4 heteroatoms. The first-order chi connectivity index (χ1) is 7.94. The number of halogens is 1. The topological polar surface area (TPSA) is 38.1 Å². The van der Waals surface area contributed by atoms with Crippen LogP contribution >= 0.6 is 11.6 Å². The second-order valence-corrected chi connectivity index (χ2v) is 6.02. The van der Waals surface area contributed by atoms with Crippen LogP contribution in [0, 0.1) is 5.92 Å². The molecule has 0 amide bonds. The first kappa shape index (κ1) is 12.9. The van der Waals surface area contributed by atoms with Gasteiger partial charge in [-0.1, -0.05) is 24.9 Å². The highest BCUT2D eigenvalue weighted by molar-refractivity contribution is 6.31. The van der Waals surface area contributed by atoms with Crippen molar-refractivity contribution in [3.8, 4) is 0 Å². The van der Waals surface area contributed by atoms with Crippen LogP contribution in [0.25, 0.3) is 0 Å². The predicted octanol–water partition coefficient (Wildman–Crippen LogP) is 3.52. The maximum absolute atomic E-state index is 10.9. The van der Waals surface area contributed by atoms with E-state index in [4.69, 9.17) is 11.6 Å². The minimum Gasteiger partial charge on any atom is -0.384 e. The zero-order valence-corrected chi connectivity index (χ0v) is 11.5. The quantitative estimate of drug-likeness (QED) is 0.879. The molecule has 0 aliphatic heterocycles. The average molecular weight is 257 g/mol. The summed E-state index contributed by atoms with van der Waals surface area (Å²) in [7, 11) is 0. The second kappa shape index (κ2) is 4.62. The van der Waals surface area contributed by atoms with Gasteiger partial charge in [0.2, 0.25) is 0 Å². The van der Waals surface area contributed by atoms with Gasteiger partial charge in [0.05, 0.1) is 16.9 Å². The van der Waals surface area contributed by atoms with Crippen molar-refractivity contribution in [1.29, 1.82) is 0 Å². The van der Waals surface area contributed by atoms with E-state index in [9.17, 15) is 5.11 Å². The molecule has 0 spiro atoms. The maximum atomic E-state index is 10.9. The molecule has 1 saturated carbocycles. The molecular formula is C13H21ClN2O. The van der Waals surface area contributed by atoms with Crippen molar-refractivity contribution in [2.75, 3.05) is 0 Å². The summed E-state index contributed by atoms with van der Waals surface area (Å²) in [4.78, 5) is 0. The molecule has 0 saturated heterocycles. The highest BCUT2D eigenvalue weighted by atomic mass is 35.5. The summed E-state index contributed by atoms with van der Waals surface area (Å²) in [5.74, 6) is 0.542. The van der Waals surface area contributed by atoms with E-state index in [1.165, 1.54) is 6.42 Å². The third kappa shape index (κ3) is 2.36. The standard InChI is InChI=1S/C13H21ClN2O/c1-9(2)16-12(11(14)8-15-16)13(17)6-4-5-10(3)7-13/h8-10,17H,4-7H2,1-3H3. The van der Waals surface area contributed by atoms with Crippen molar-refractivity contribution >= 4 is 11.6 Å². The molecule has 3 nitrogen and oxygen atoms in total. The molecule has 1 heterocycles. The van der Waals surface area contributed by atoms with E-state index < -0.39 is 5.60 Å². The average Bonchev–Trinajstić information content (AvgIpc) is 2.60. The van der Waals surface area contributed by atoms with Crippen LogP contribution in [0.5, 0.6) is 0 Å². The predicted molar refractivity (Wildman–Crippen MR) is 69.2 cm³/mol. The van der Waals surface area contributed by atoms with Crippen molar-refractivity contribution < 1.29 is 5.11 Å². The number of hydrogen-bond donors (Lipinski definition) is 1. The molecule has 17 heavy (non-hydrogen) atoms. The van der Waals surface area contributed by atoms with E-state index in [0.29, 0.717) is 10.9 Å². The minimum atomic E-state index is -0.796. The zero-order valence-electron chi connectivity index (χ0n) is 10.8. The molecule has 1 N–H and O–H groups in total. The van der Waals surface area contributed by atoms with E-state index in [-0.39, 0.29) is 6.04 Å². The molecule has 1 aromatic rings. The van der Waals surface area contributed by atoms with E-state index in [2.05, 4.69) is 25.9 Å². The fourth-order valence-electron chi connectivity index (χ4n) is 2.91. The van der Waals surface area contributed by atoms with Crippen LogP contribution in [0.4, 0.5) is 0 Å². The van der Waals surface area contributed by atoms with Crippen LogP contribution in [-0.4, -0.2) is 14.9 Å². The van der Waals surface area contributed by atoms with E-state index in [1.807, 2.05) is 4.68 Å². The molecule has 1 aliphatic rings. The van der Waals surface area contributed by atoms with Crippen molar-refractivity contribution in [3.63, 3.8) is 0 Å². The lowest BCUT2D eigenvalue weighted by atomic mass is 9.77. The molecule has 0 aromatic carbocycles. The lowest BCUT2D eigenvalue weighted by Gasteiger charge is -2.36. The van der Waals surface area contributed by atoms with Crippen LogP contribution in [0.3, 0.4) is 0 Å². The molecule has 96 valence electrons. The Morgan fingerprint density at radius 1 is 1.59 bits per heavy atom. The summed E-state index contributed by atoms with van der Waals surface area (Å²) in [6.07, 6.45) is 5.46. The lowest BCUT2D eigenvalue weighted by molar-refractivity contribution is -0.0260. The summed E-state index contributed by atoms with van der Waals surface area (Å²) in [5, 5.41) is 15.7. The number of rotatable bonds is 2. The van der Waals surface area contributed by atoms with Gasteiger partial charge < -0.3 is 5.11 Å². The summed E-state index contributed by atoms with van der Waals surface area (Å²) >= 11 is 6.22. The Kier molecular flexibility index (Phi) is 3.50.